The first-order valence-electron chi connectivity index (χ1n) is 6.67. The fourth-order valence-corrected chi connectivity index (χ4v) is 1.76. The molecule has 1 amide bonds. The van der Waals surface area contributed by atoms with E-state index in [0.717, 1.165) is 5.56 Å². The number of nitrogens with zero attached hydrogens (tertiary/aromatic N) is 1. The van der Waals surface area contributed by atoms with E-state index in [9.17, 15) is 9.90 Å². The zero-order chi connectivity index (χ0) is 15.8. The van der Waals surface area contributed by atoms with Crippen LogP contribution >= 0.6 is 0 Å². The van der Waals surface area contributed by atoms with Crippen LogP contribution in [0.4, 0.5) is 5.69 Å². The Hall–Kier alpha value is -3.26. The molecule has 0 heterocycles. The molecule has 2 rings (SSSR count). The summed E-state index contributed by atoms with van der Waals surface area (Å²) in [5, 5.41) is 23.8. The molecule has 0 aromatic heterocycles. The number of carbonyl (C=O) groups excluding carboxylic acids is 1. The lowest BCUT2D eigenvalue weighted by molar-refractivity contribution is -0.112. The summed E-state index contributed by atoms with van der Waals surface area (Å²) in [6.45, 7) is 0.526. The number of carbonyl (C=O) groups is 1. The van der Waals surface area contributed by atoms with Gasteiger partial charge in [-0.3, -0.25) is 4.79 Å². The average Bonchev–Trinajstić information content (AvgIpc) is 2.54. The fraction of sp³-hybridized carbons (Fsp3) is 0.0588. The lowest BCUT2D eigenvalue weighted by atomic mass is 10.2. The van der Waals surface area contributed by atoms with Gasteiger partial charge >= 0.3 is 0 Å². The average molecular weight is 293 g/mol. The number of anilines is 1. The third kappa shape index (κ3) is 4.39. The van der Waals surface area contributed by atoms with Crippen molar-refractivity contribution in [1.29, 1.82) is 5.26 Å². The maximum absolute atomic E-state index is 12.0. The predicted octanol–water partition coefficient (Wildman–Crippen LogP) is 2.53. The SMILES string of the molecule is N#C/C(=C/NCc1ccccc1)C(=O)Nc1ccc(O)cc1. The van der Waals surface area contributed by atoms with Crippen LogP contribution in [0.2, 0.25) is 0 Å². The van der Waals surface area contributed by atoms with Crippen LogP contribution in [0.15, 0.2) is 66.4 Å². The smallest absolute Gasteiger partial charge is 0.267 e. The van der Waals surface area contributed by atoms with E-state index in [1.54, 1.807) is 12.1 Å². The normalized spacial score (nSPS) is 10.6. The van der Waals surface area contributed by atoms with Crippen molar-refractivity contribution in [2.24, 2.45) is 0 Å². The van der Waals surface area contributed by atoms with Crippen molar-refractivity contribution in [3.8, 4) is 11.8 Å². The summed E-state index contributed by atoms with van der Waals surface area (Å²) in [5.74, 6) is -0.396. The van der Waals surface area contributed by atoms with Crippen LogP contribution < -0.4 is 10.6 Å². The van der Waals surface area contributed by atoms with Crippen LogP contribution in [0, 0.1) is 11.3 Å². The van der Waals surface area contributed by atoms with Gasteiger partial charge in [0.05, 0.1) is 0 Å². The Labute approximate surface area is 128 Å². The van der Waals surface area contributed by atoms with Gasteiger partial charge < -0.3 is 15.7 Å². The molecule has 0 spiro atoms. The second kappa shape index (κ2) is 7.50. The van der Waals surface area contributed by atoms with Crippen LogP contribution in [0.1, 0.15) is 5.56 Å². The summed E-state index contributed by atoms with van der Waals surface area (Å²) in [6, 6.07) is 17.5. The quantitative estimate of drug-likeness (QED) is 0.449. The molecule has 0 aliphatic rings. The first-order chi connectivity index (χ1) is 10.7. The third-order valence-electron chi connectivity index (χ3n) is 2.89. The highest BCUT2D eigenvalue weighted by Crippen LogP contribution is 2.14. The Balaban J connectivity index is 1.95. The maximum Gasteiger partial charge on any atom is 0.267 e. The van der Waals surface area contributed by atoms with E-state index in [4.69, 9.17) is 5.26 Å². The predicted molar refractivity (Wildman–Crippen MR) is 83.7 cm³/mol. The second-order valence-corrected chi connectivity index (χ2v) is 4.54. The van der Waals surface area contributed by atoms with Gasteiger partial charge in [0.25, 0.3) is 5.91 Å². The van der Waals surface area contributed by atoms with Gasteiger partial charge in [0, 0.05) is 18.4 Å². The molecule has 0 aliphatic heterocycles. The fourth-order valence-electron chi connectivity index (χ4n) is 1.76. The van der Waals surface area contributed by atoms with E-state index < -0.39 is 5.91 Å². The van der Waals surface area contributed by atoms with Crippen molar-refractivity contribution in [3.05, 3.63) is 71.9 Å². The molecule has 5 heteroatoms. The van der Waals surface area contributed by atoms with Crippen molar-refractivity contribution in [2.75, 3.05) is 5.32 Å². The Morgan fingerprint density at radius 2 is 1.82 bits per heavy atom. The van der Waals surface area contributed by atoms with E-state index in [-0.39, 0.29) is 11.3 Å². The monoisotopic (exact) mass is 293 g/mol. The highest BCUT2D eigenvalue weighted by Gasteiger charge is 2.08. The number of phenolic OH excluding ortho intramolecular Hbond substituents is 1. The molecule has 3 N–H and O–H groups in total. The van der Waals surface area contributed by atoms with Gasteiger partial charge in [0.1, 0.15) is 17.4 Å². The van der Waals surface area contributed by atoms with Gasteiger partial charge in [-0.05, 0) is 29.8 Å². The molecule has 0 bridgehead atoms. The van der Waals surface area contributed by atoms with Crippen molar-refractivity contribution in [3.63, 3.8) is 0 Å². The van der Waals surface area contributed by atoms with Crippen LogP contribution in [-0.2, 0) is 11.3 Å². The van der Waals surface area contributed by atoms with Crippen molar-refractivity contribution in [2.45, 2.75) is 6.54 Å². The Kier molecular flexibility index (Phi) is 5.16. The number of amides is 1. The molecular formula is C17H15N3O2. The molecule has 0 atom stereocenters. The zero-order valence-electron chi connectivity index (χ0n) is 11.8. The summed E-state index contributed by atoms with van der Waals surface area (Å²) in [5.41, 5.74) is 1.53. The molecule has 0 unspecified atom stereocenters. The number of hydrogen-bond acceptors (Lipinski definition) is 4. The molecule has 0 fully saturated rings. The van der Waals surface area contributed by atoms with Crippen LogP contribution in [0.5, 0.6) is 5.75 Å². The highest BCUT2D eigenvalue weighted by atomic mass is 16.3. The van der Waals surface area contributed by atoms with E-state index in [0.29, 0.717) is 12.2 Å². The summed E-state index contributed by atoms with van der Waals surface area (Å²) >= 11 is 0. The lowest BCUT2D eigenvalue weighted by Gasteiger charge is -2.05. The first-order valence-corrected chi connectivity index (χ1v) is 6.67. The lowest BCUT2D eigenvalue weighted by Crippen LogP contribution is -2.16. The molecule has 5 nitrogen and oxygen atoms in total. The largest absolute Gasteiger partial charge is 0.508 e. The molecule has 22 heavy (non-hydrogen) atoms. The summed E-state index contributed by atoms with van der Waals surface area (Å²) in [7, 11) is 0. The number of rotatable bonds is 5. The summed E-state index contributed by atoms with van der Waals surface area (Å²) in [4.78, 5) is 12.0. The van der Waals surface area contributed by atoms with Gasteiger partial charge in [-0.1, -0.05) is 30.3 Å². The molecule has 0 aliphatic carbocycles. The topological polar surface area (TPSA) is 85.2 Å². The van der Waals surface area contributed by atoms with Crippen molar-refractivity contribution in [1.82, 2.24) is 5.32 Å². The number of benzene rings is 2. The maximum atomic E-state index is 12.0. The number of aromatic hydroxyl groups is 1. The summed E-state index contributed by atoms with van der Waals surface area (Å²) in [6.07, 6.45) is 1.39. The molecule has 0 saturated heterocycles. The van der Waals surface area contributed by atoms with Crippen LogP contribution in [-0.4, -0.2) is 11.0 Å². The van der Waals surface area contributed by atoms with Gasteiger partial charge in [-0.15, -0.1) is 0 Å². The number of hydrogen-bond donors (Lipinski definition) is 3. The van der Waals surface area contributed by atoms with E-state index >= 15 is 0 Å². The van der Waals surface area contributed by atoms with Gasteiger partial charge in [0.2, 0.25) is 0 Å². The van der Waals surface area contributed by atoms with Gasteiger partial charge in [-0.25, -0.2) is 0 Å². The number of phenols is 1. The molecule has 0 saturated carbocycles. The van der Waals surface area contributed by atoms with E-state index in [1.165, 1.54) is 18.3 Å². The Morgan fingerprint density at radius 3 is 2.45 bits per heavy atom. The number of nitrogens with one attached hydrogen (secondary N) is 2. The Morgan fingerprint density at radius 1 is 1.14 bits per heavy atom. The first kappa shape index (κ1) is 15.1. The standard InChI is InChI=1S/C17H15N3O2/c18-10-14(12-19-11-13-4-2-1-3-5-13)17(22)20-15-6-8-16(21)9-7-15/h1-9,12,19,21H,11H2,(H,20,22)/b14-12-. The minimum Gasteiger partial charge on any atom is -0.508 e. The molecule has 2 aromatic rings. The second-order valence-electron chi connectivity index (χ2n) is 4.54. The third-order valence-corrected chi connectivity index (χ3v) is 2.89. The summed E-state index contributed by atoms with van der Waals surface area (Å²) < 4.78 is 0. The Bertz CT molecular complexity index is 701. The van der Waals surface area contributed by atoms with Crippen LogP contribution in [0.3, 0.4) is 0 Å². The molecular weight excluding hydrogens is 278 g/mol. The van der Waals surface area contributed by atoms with E-state index in [2.05, 4.69) is 10.6 Å². The zero-order valence-corrected chi connectivity index (χ0v) is 11.8. The number of nitriles is 1. The van der Waals surface area contributed by atoms with E-state index in [1.807, 2.05) is 36.4 Å². The van der Waals surface area contributed by atoms with Crippen molar-refractivity contribution >= 4 is 11.6 Å². The highest BCUT2D eigenvalue weighted by molar-refractivity contribution is 6.06. The van der Waals surface area contributed by atoms with Crippen molar-refractivity contribution < 1.29 is 9.90 Å². The molecule has 110 valence electrons. The van der Waals surface area contributed by atoms with Gasteiger partial charge in [-0.2, -0.15) is 5.26 Å². The minimum atomic E-state index is -0.506. The molecule has 2 aromatic carbocycles. The molecule has 0 radical (unpaired) electrons. The van der Waals surface area contributed by atoms with Gasteiger partial charge in [0.15, 0.2) is 0 Å². The van der Waals surface area contributed by atoms with Crippen LogP contribution in [0.25, 0.3) is 0 Å². The minimum absolute atomic E-state index is 0.0241.